The molecule has 6 heteroatoms. The Labute approximate surface area is 117 Å². The van der Waals surface area contributed by atoms with E-state index in [4.69, 9.17) is 0 Å². The fraction of sp³-hybridized carbons (Fsp3) is 0.571. The van der Waals surface area contributed by atoms with Crippen molar-refractivity contribution in [2.75, 3.05) is 19.7 Å². The molecule has 1 unspecified atom stereocenters. The molecule has 1 aliphatic heterocycles. The fourth-order valence-corrected chi connectivity index (χ4v) is 2.90. The van der Waals surface area contributed by atoms with Crippen LogP contribution in [0.2, 0.25) is 0 Å². The van der Waals surface area contributed by atoms with Gasteiger partial charge < -0.3 is 5.11 Å². The predicted octanol–water partition coefficient (Wildman–Crippen LogP) is 0.343. The van der Waals surface area contributed by atoms with Gasteiger partial charge in [-0.15, -0.1) is 5.10 Å². The summed E-state index contributed by atoms with van der Waals surface area (Å²) in [7, 11) is 0. The van der Waals surface area contributed by atoms with Gasteiger partial charge in [0.1, 0.15) is 0 Å². The molecule has 20 heavy (non-hydrogen) atoms. The van der Waals surface area contributed by atoms with Crippen LogP contribution in [0.1, 0.15) is 19.3 Å². The van der Waals surface area contributed by atoms with E-state index < -0.39 is 0 Å². The molecule has 0 saturated carbocycles. The lowest BCUT2D eigenvalue weighted by molar-refractivity contribution is 0.0859. The van der Waals surface area contributed by atoms with E-state index >= 15 is 0 Å². The van der Waals surface area contributed by atoms with Gasteiger partial charge in [-0.1, -0.05) is 12.5 Å². The van der Waals surface area contributed by atoms with Gasteiger partial charge in [-0.2, -0.15) is 0 Å². The maximum atomic E-state index is 12.1. The average Bonchev–Trinajstić information content (AvgIpc) is 2.82. The first-order chi connectivity index (χ1) is 9.79. The molecule has 2 aromatic rings. The number of likely N-dealkylation sites (tertiary alicyclic amines) is 1. The third-order valence-electron chi connectivity index (χ3n) is 4.05. The lowest BCUT2D eigenvalue weighted by atomic mass is 10.0. The van der Waals surface area contributed by atoms with Crippen molar-refractivity contribution in [3.05, 3.63) is 34.9 Å². The number of piperidine rings is 1. The zero-order valence-electron chi connectivity index (χ0n) is 11.5. The molecule has 108 valence electrons. The normalized spacial score (nSPS) is 20.6. The molecule has 1 fully saturated rings. The van der Waals surface area contributed by atoms with E-state index in [-0.39, 0.29) is 18.3 Å². The summed E-state index contributed by atoms with van der Waals surface area (Å²) in [5.74, 6) is 0. The van der Waals surface area contributed by atoms with Gasteiger partial charge in [0.2, 0.25) is 0 Å². The Morgan fingerprint density at radius 3 is 3.00 bits per heavy atom. The van der Waals surface area contributed by atoms with Crippen molar-refractivity contribution in [2.45, 2.75) is 31.8 Å². The lowest BCUT2D eigenvalue weighted by Crippen LogP contribution is -2.44. The Kier molecular flexibility index (Phi) is 3.84. The first-order valence-corrected chi connectivity index (χ1v) is 7.19. The third kappa shape index (κ3) is 2.48. The van der Waals surface area contributed by atoms with E-state index in [0.29, 0.717) is 12.2 Å². The summed E-state index contributed by atoms with van der Waals surface area (Å²) in [6, 6.07) is 5.76. The Hall–Kier alpha value is -1.66. The highest BCUT2D eigenvalue weighted by molar-refractivity contribution is 5.35. The van der Waals surface area contributed by atoms with Gasteiger partial charge in [0.15, 0.2) is 5.65 Å². The minimum atomic E-state index is -0.0989. The van der Waals surface area contributed by atoms with E-state index in [1.807, 2.05) is 18.2 Å². The molecule has 0 radical (unpaired) electrons. The summed E-state index contributed by atoms with van der Waals surface area (Å²) >= 11 is 0. The largest absolute Gasteiger partial charge is 0.395 e. The van der Waals surface area contributed by atoms with E-state index in [9.17, 15) is 9.90 Å². The zero-order valence-corrected chi connectivity index (χ0v) is 11.5. The van der Waals surface area contributed by atoms with E-state index in [2.05, 4.69) is 10.00 Å². The summed E-state index contributed by atoms with van der Waals surface area (Å²) in [4.78, 5) is 14.4. The number of aromatic nitrogens is 3. The first kappa shape index (κ1) is 13.3. The summed E-state index contributed by atoms with van der Waals surface area (Å²) in [6.45, 7) is 2.51. The Morgan fingerprint density at radius 2 is 2.20 bits per heavy atom. The maximum absolute atomic E-state index is 12.1. The molecule has 0 amide bonds. The molecule has 2 aromatic heterocycles. The molecular formula is C14H20N4O2. The molecule has 0 bridgehead atoms. The number of hydrogen-bond donors (Lipinski definition) is 1. The highest BCUT2D eigenvalue weighted by atomic mass is 16.3. The smallest absolute Gasteiger partial charge is 0.350 e. The van der Waals surface area contributed by atoms with Crippen LogP contribution in [0.5, 0.6) is 0 Å². The molecule has 6 nitrogen and oxygen atoms in total. The van der Waals surface area contributed by atoms with Crippen LogP contribution in [0, 0.1) is 0 Å². The number of rotatable bonds is 4. The highest BCUT2D eigenvalue weighted by Crippen LogP contribution is 2.16. The van der Waals surface area contributed by atoms with Crippen molar-refractivity contribution in [1.82, 2.24) is 19.1 Å². The summed E-state index contributed by atoms with van der Waals surface area (Å²) < 4.78 is 3.07. The van der Waals surface area contributed by atoms with Crippen LogP contribution in [0.25, 0.3) is 5.65 Å². The Balaban J connectivity index is 1.73. The van der Waals surface area contributed by atoms with Crippen LogP contribution < -0.4 is 5.69 Å². The number of aliphatic hydroxyl groups is 1. The molecule has 1 atom stereocenters. The lowest BCUT2D eigenvalue weighted by Gasteiger charge is -2.34. The van der Waals surface area contributed by atoms with Crippen LogP contribution in [0.4, 0.5) is 0 Å². The van der Waals surface area contributed by atoms with Gasteiger partial charge in [0.25, 0.3) is 0 Å². The van der Waals surface area contributed by atoms with E-state index in [1.165, 1.54) is 11.1 Å². The predicted molar refractivity (Wildman–Crippen MR) is 75.7 cm³/mol. The van der Waals surface area contributed by atoms with Gasteiger partial charge in [0, 0.05) is 18.8 Å². The summed E-state index contributed by atoms with van der Waals surface area (Å²) in [6.07, 6.45) is 5.11. The van der Waals surface area contributed by atoms with Crippen LogP contribution in [-0.2, 0) is 6.54 Å². The highest BCUT2D eigenvalue weighted by Gasteiger charge is 2.21. The molecule has 1 saturated heterocycles. The Bertz CT molecular complexity index is 633. The van der Waals surface area contributed by atoms with Crippen molar-refractivity contribution >= 4 is 5.65 Å². The van der Waals surface area contributed by atoms with Gasteiger partial charge in [0.05, 0.1) is 13.2 Å². The number of pyridine rings is 1. The van der Waals surface area contributed by atoms with Gasteiger partial charge in [-0.05, 0) is 31.5 Å². The van der Waals surface area contributed by atoms with E-state index in [1.54, 1.807) is 10.6 Å². The van der Waals surface area contributed by atoms with Crippen LogP contribution in [-0.4, -0.2) is 49.9 Å². The molecule has 3 rings (SSSR count). The minimum Gasteiger partial charge on any atom is -0.395 e. The van der Waals surface area contributed by atoms with Crippen molar-refractivity contribution in [3.63, 3.8) is 0 Å². The molecule has 3 heterocycles. The first-order valence-electron chi connectivity index (χ1n) is 7.19. The van der Waals surface area contributed by atoms with Crippen molar-refractivity contribution in [2.24, 2.45) is 0 Å². The number of hydrogen-bond acceptors (Lipinski definition) is 4. The van der Waals surface area contributed by atoms with Crippen LogP contribution >= 0.6 is 0 Å². The SMILES string of the molecule is O=c1n(CCN2CCCCC2CO)nc2ccccn12. The number of aliphatic hydroxyl groups excluding tert-OH is 1. The third-order valence-corrected chi connectivity index (χ3v) is 4.05. The Morgan fingerprint density at radius 1 is 1.30 bits per heavy atom. The molecule has 1 aliphatic rings. The van der Waals surface area contributed by atoms with Gasteiger partial charge >= 0.3 is 5.69 Å². The fourth-order valence-electron chi connectivity index (χ4n) is 2.90. The molecule has 0 aliphatic carbocycles. The quantitative estimate of drug-likeness (QED) is 0.875. The van der Waals surface area contributed by atoms with E-state index in [0.717, 1.165) is 25.9 Å². The standard InChI is InChI=1S/C14H20N4O2/c19-11-12-5-1-3-7-16(12)9-10-18-14(20)17-8-4-2-6-13(17)15-18/h2,4,6,8,12,19H,1,3,5,7,9-11H2. The van der Waals surface area contributed by atoms with Crippen LogP contribution in [0.3, 0.4) is 0 Å². The van der Waals surface area contributed by atoms with Gasteiger partial charge in [-0.3, -0.25) is 9.30 Å². The molecule has 0 spiro atoms. The molecule has 1 N–H and O–H groups in total. The average molecular weight is 276 g/mol. The second-order valence-electron chi connectivity index (χ2n) is 5.30. The maximum Gasteiger partial charge on any atom is 0.350 e. The second-order valence-corrected chi connectivity index (χ2v) is 5.30. The number of fused-ring (bicyclic) bond motifs is 1. The van der Waals surface area contributed by atoms with Gasteiger partial charge in [-0.25, -0.2) is 9.48 Å². The summed E-state index contributed by atoms with van der Waals surface area (Å²) in [5, 5.41) is 13.7. The summed E-state index contributed by atoms with van der Waals surface area (Å²) in [5.41, 5.74) is 0.577. The zero-order chi connectivity index (χ0) is 13.9. The second kappa shape index (κ2) is 5.76. The van der Waals surface area contributed by atoms with Crippen molar-refractivity contribution in [3.8, 4) is 0 Å². The monoisotopic (exact) mass is 276 g/mol. The minimum absolute atomic E-state index is 0.0989. The topological polar surface area (TPSA) is 62.8 Å². The van der Waals surface area contributed by atoms with Crippen LogP contribution in [0.15, 0.2) is 29.2 Å². The molecule has 0 aromatic carbocycles. The number of nitrogens with zero attached hydrogens (tertiary/aromatic N) is 4. The van der Waals surface area contributed by atoms with Crippen molar-refractivity contribution in [1.29, 1.82) is 0 Å². The molecular weight excluding hydrogens is 256 g/mol. The van der Waals surface area contributed by atoms with Crippen molar-refractivity contribution < 1.29 is 5.11 Å².